The van der Waals surface area contributed by atoms with Crippen LogP contribution < -0.4 is 4.74 Å². The number of nitrogens with zero attached hydrogens (tertiary/aromatic N) is 3. The summed E-state index contributed by atoms with van der Waals surface area (Å²) in [6, 6.07) is 57.2. The summed E-state index contributed by atoms with van der Waals surface area (Å²) in [6.45, 7) is 0. The van der Waals surface area contributed by atoms with E-state index in [1.807, 2.05) is 36.4 Å². The van der Waals surface area contributed by atoms with Crippen molar-refractivity contribution in [1.29, 1.82) is 0 Å². The van der Waals surface area contributed by atoms with Gasteiger partial charge in [-0.25, -0.2) is 15.0 Å². The van der Waals surface area contributed by atoms with Crippen molar-refractivity contribution in [3.63, 3.8) is 0 Å². The van der Waals surface area contributed by atoms with Gasteiger partial charge in [-0.1, -0.05) is 152 Å². The largest absolute Gasteiger partial charge is 0.457 e. The summed E-state index contributed by atoms with van der Waals surface area (Å²) >= 11 is 0. The molecular formula is C44H27N3O. The standard InChI is InChI=1S/C44H27N3O/c1-2-14-29(15-3-1)41-45-42(47-43(46-41)34-20-12-16-28-13-4-5-17-31(28)34)30-25-26-38-40(27-30)48-39-24-11-10-23-37(39)44(38)35-21-8-6-18-32(35)33-19-7-9-22-36(33)44/h1-27H. The summed E-state index contributed by atoms with van der Waals surface area (Å²) in [5.74, 6) is 3.51. The van der Waals surface area contributed by atoms with Crippen LogP contribution >= 0.6 is 0 Å². The van der Waals surface area contributed by atoms with E-state index in [1.54, 1.807) is 0 Å². The lowest BCUT2D eigenvalue weighted by atomic mass is 9.66. The van der Waals surface area contributed by atoms with Gasteiger partial charge in [0.2, 0.25) is 0 Å². The molecule has 10 rings (SSSR count). The minimum atomic E-state index is -0.516. The first-order valence-electron chi connectivity index (χ1n) is 16.2. The molecule has 0 atom stereocenters. The molecule has 0 fully saturated rings. The predicted molar refractivity (Wildman–Crippen MR) is 191 cm³/mol. The van der Waals surface area contributed by atoms with Crippen LogP contribution in [0.2, 0.25) is 0 Å². The summed E-state index contributed by atoms with van der Waals surface area (Å²) in [4.78, 5) is 15.2. The number of rotatable bonds is 3. The minimum absolute atomic E-state index is 0.516. The van der Waals surface area contributed by atoms with Crippen LogP contribution in [0.4, 0.5) is 0 Å². The molecule has 0 bridgehead atoms. The van der Waals surface area contributed by atoms with E-state index in [1.165, 1.54) is 22.3 Å². The summed E-state index contributed by atoms with van der Waals surface area (Å²) in [7, 11) is 0. The topological polar surface area (TPSA) is 47.9 Å². The van der Waals surface area contributed by atoms with Gasteiger partial charge in [-0.3, -0.25) is 0 Å². The van der Waals surface area contributed by atoms with Crippen LogP contribution in [-0.2, 0) is 5.41 Å². The molecule has 0 unspecified atom stereocenters. The molecule has 8 aromatic rings. The maximum atomic E-state index is 6.77. The second-order valence-electron chi connectivity index (χ2n) is 12.3. The van der Waals surface area contributed by atoms with E-state index in [0.717, 1.165) is 50.1 Å². The predicted octanol–water partition coefficient (Wildman–Crippen LogP) is 10.5. The van der Waals surface area contributed by atoms with Crippen molar-refractivity contribution in [3.8, 4) is 56.8 Å². The molecule has 1 aliphatic heterocycles. The maximum absolute atomic E-state index is 6.77. The van der Waals surface area contributed by atoms with Crippen LogP contribution in [0, 0.1) is 0 Å². The van der Waals surface area contributed by atoms with E-state index >= 15 is 0 Å². The van der Waals surface area contributed by atoms with E-state index in [4.69, 9.17) is 19.7 Å². The van der Waals surface area contributed by atoms with Crippen molar-refractivity contribution in [2.75, 3.05) is 0 Å². The molecule has 0 amide bonds. The molecule has 1 spiro atoms. The van der Waals surface area contributed by atoms with Crippen molar-refractivity contribution in [1.82, 2.24) is 15.0 Å². The number of aromatic nitrogens is 3. The molecule has 0 N–H and O–H groups in total. The highest BCUT2D eigenvalue weighted by Gasteiger charge is 2.50. The zero-order valence-corrected chi connectivity index (χ0v) is 25.8. The highest BCUT2D eigenvalue weighted by atomic mass is 16.5. The number of ether oxygens (including phenoxy) is 1. The van der Waals surface area contributed by atoms with Crippen molar-refractivity contribution < 1.29 is 4.74 Å². The molecule has 7 aromatic carbocycles. The molecule has 0 radical (unpaired) electrons. The van der Waals surface area contributed by atoms with Crippen LogP contribution in [0.15, 0.2) is 164 Å². The Kier molecular flexibility index (Phi) is 5.75. The van der Waals surface area contributed by atoms with Crippen molar-refractivity contribution in [2.45, 2.75) is 5.41 Å². The molecule has 2 heterocycles. The fourth-order valence-electron chi connectivity index (χ4n) is 7.76. The van der Waals surface area contributed by atoms with E-state index in [9.17, 15) is 0 Å². The molecule has 4 heteroatoms. The summed E-state index contributed by atoms with van der Waals surface area (Å²) in [6.07, 6.45) is 0. The first-order chi connectivity index (χ1) is 23.8. The van der Waals surface area contributed by atoms with Crippen LogP contribution in [0.25, 0.3) is 56.1 Å². The molecular weight excluding hydrogens is 587 g/mol. The lowest BCUT2D eigenvalue weighted by molar-refractivity contribution is 0.436. The zero-order valence-electron chi connectivity index (χ0n) is 25.8. The van der Waals surface area contributed by atoms with Crippen LogP contribution in [0.1, 0.15) is 22.3 Å². The number of fused-ring (bicyclic) bond motifs is 10. The molecule has 48 heavy (non-hydrogen) atoms. The Bertz CT molecular complexity index is 2510. The number of hydrogen-bond acceptors (Lipinski definition) is 4. The van der Waals surface area contributed by atoms with Crippen LogP contribution in [0.3, 0.4) is 0 Å². The highest BCUT2D eigenvalue weighted by Crippen LogP contribution is 2.62. The molecule has 0 saturated carbocycles. The fourth-order valence-corrected chi connectivity index (χ4v) is 7.76. The summed E-state index contributed by atoms with van der Waals surface area (Å²) in [5.41, 5.74) is 9.54. The Hall–Kier alpha value is -6.39. The Labute approximate surface area is 278 Å². The first-order valence-corrected chi connectivity index (χ1v) is 16.2. The molecule has 0 saturated heterocycles. The van der Waals surface area contributed by atoms with Gasteiger partial charge in [-0.05, 0) is 45.2 Å². The third-order valence-electron chi connectivity index (χ3n) is 9.81. The van der Waals surface area contributed by atoms with Gasteiger partial charge in [-0.15, -0.1) is 0 Å². The van der Waals surface area contributed by atoms with E-state index in [0.29, 0.717) is 17.5 Å². The van der Waals surface area contributed by atoms with Gasteiger partial charge in [-0.2, -0.15) is 0 Å². The van der Waals surface area contributed by atoms with E-state index < -0.39 is 5.41 Å². The van der Waals surface area contributed by atoms with Crippen LogP contribution in [-0.4, -0.2) is 15.0 Å². The lowest BCUT2D eigenvalue weighted by Gasteiger charge is -2.39. The molecule has 2 aliphatic rings. The normalized spacial score (nSPS) is 13.3. The van der Waals surface area contributed by atoms with Gasteiger partial charge in [0.25, 0.3) is 0 Å². The van der Waals surface area contributed by atoms with Crippen molar-refractivity contribution >= 4 is 10.8 Å². The molecule has 1 aromatic heterocycles. The second kappa shape index (κ2) is 10.3. The van der Waals surface area contributed by atoms with Gasteiger partial charge in [0.05, 0.1) is 5.41 Å². The minimum Gasteiger partial charge on any atom is -0.457 e. The lowest BCUT2D eigenvalue weighted by Crippen LogP contribution is -2.32. The highest BCUT2D eigenvalue weighted by molar-refractivity contribution is 5.95. The van der Waals surface area contributed by atoms with E-state index in [2.05, 4.69) is 127 Å². The number of hydrogen-bond donors (Lipinski definition) is 0. The van der Waals surface area contributed by atoms with Gasteiger partial charge in [0.1, 0.15) is 11.5 Å². The SMILES string of the molecule is c1ccc(-c2nc(-c3ccc4c(c3)Oc3ccccc3C43c4ccccc4-c4ccccc43)nc(-c3cccc4ccccc34)n2)cc1. The monoisotopic (exact) mass is 613 g/mol. The molecule has 1 aliphatic carbocycles. The van der Waals surface area contributed by atoms with Gasteiger partial charge < -0.3 is 4.74 Å². The Balaban J connectivity index is 1.21. The first kappa shape index (κ1) is 26.8. The van der Waals surface area contributed by atoms with Gasteiger partial charge in [0.15, 0.2) is 17.5 Å². The fraction of sp³-hybridized carbons (Fsp3) is 0.0227. The van der Waals surface area contributed by atoms with Gasteiger partial charge in [0, 0.05) is 27.8 Å². The van der Waals surface area contributed by atoms with Crippen LogP contribution in [0.5, 0.6) is 11.5 Å². The Morgan fingerprint density at radius 2 is 0.938 bits per heavy atom. The Morgan fingerprint density at radius 1 is 0.375 bits per heavy atom. The Morgan fingerprint density at radius 3 is 1.73 bits per heavy atom. The van der Waals surface area contributed by atoms with E-state index in [-0.39, 0.29) is 0 Å². The quantitative estimate of drug-likeness (QED) is 0.199. The number of benzene rings is 7. The van der Waals surface area contributed by atoms with Crippen molar-refractivity contribution in [3.05, 3.63) is 186 Å². The number of para-hydroxylation sites is 1. The maximum Gasteiger partial charge on any atom is 0.164 e. The average molecular weight is 614 g/mol. The van der Waals surface area contributed by atoms with Gasteiger partial charge >= 0.3 is 0 Å². The zero-order chi connectivity index (χ0) is 31.7. The summed E-state index contributed by atoms with van der Waals surface area (Å²) < 4.78 is 6.77. The third kappa shape index (κ3) is 3.80. The summed E-state index contributed by atoms with van der Waals surface area (Å²) in [5, 5.41) is 2.24. The molecule has 224 valence electrons. The second-order valence-corrected chi connectivity index (χ2v) is 12.3. The molecule has 4 nitrogen and oxygen atoms in total. The third-order valence-corrected chi connectivity index (χ3v) is 9.81. The van der Waals surface area contributed by atoms with Crippen molar-refractivity contribution in [2.24, 2.45) is 0 Å². The smallest absolute Gasteiger partial charge is 0.164 e. The average Bonchev–Trinajstić information content (AvgIpc) is 3.45.